The van der Waals surface area contributed by atoms with Crippen molar-refractivity contribution >= 4 is 61.6 Å². The predicted molar refractivity (Wildman–Crippen MR) is 105 cm³/mol. The summed E-state index contributed by atoms with van der Waals surface area (Å²) in [6, 6.07) is 4.71. The molecule has 1 amide bonds. The number of amidine groups is 1. The fraction of sp³-hybridized carbons (Fsp3) is 0.500. The molecule has 0 bridgehead atoms. The second-order valence-corrected chi connectivity index (χ2v) is 10.5. The number of hydrogen-bond acceptors (Lipinski definition) is 4. The van der Waals surface area contributed by atoms with Crippen LogP contribution in [0.1, 0.15) is 20.3 Å². The van der Waals surface area contributed by atoms with Crippen LogP contribution in [0.15, 0.2) is 23.2 Å². The van der Waals surface area contributed by atoms with Gasteiger partial charge in [-0.25, -0.2) is 8.42 Å². The molecule has 9 heteroatoms. The van der Waals surface area contributed by atoms with Crippen LogP contribution in [0.5, 0.6) is 0 Å². The number of aliphatic imine (C=N–C) groups is 1. The first-order valence-electron chi connectivity index (χ1n) is 7.95. The van der Waals surface area contributed by atoms with Crippen molar-refractivity contribution in [1.29, 1.82) is 0 Å². The lowest BCUT2D eigenvalue weighted by Gasteiger charge is -2.25. The third-order valence-electron chi connectivity index (χ3n) is 4.47. The number of amides is 1. The fourth-order valence-corrected chi connectivity index (χ4v) is 7.18. The van der Waals surface area contributed by atoms with Crippen LogP contribution in [-0.4, -0.2) is 42.3 Å². The summed E-state index contributed by atoms with van der Waals surface area (Å²) < 4.78 is 24.1. The van der Waals surface area contributed by atoms with E-state index in [1.54, 1.807) is 23.1 Å². The third kappa shape index (κ3) is 3.84. The zero-order valence-corrected chi connectivity index (χ0v) is 16.9. The molecule has 5 nitrogen and oxygen atoms in total. The van der Waals surface area contributed by atoms with Crippen molar-refractivity contribution in [1.82, 2.24) is 0 Å². The molecule has 0 aromatic heterocycles. The van der Waals surface area contributed by atoms with E-state index in [2.05, 4.69) is 4.99 Å². The van der Waals surface area contributed by atoms with Crippen molar-refractivity contribution < 1.29 is 13.2 Å². The van der Waals surface area contributed by atoms with E-state index in [0.29, 0.717) is 27.3 Å². The van der Waals surface area contributed by atoms with Crippen LogP contribution in [0.2, 0.25) is 10.0 Å². The van der Waals surface area contributed by atoms with Crippen LogP contribution in [0.3, 0.4) is 0 Å². The van der Waals surface area contributed by atoms with E-state index in [-0.39, 0.29) is 34.6 Å². The Labute approximate surface area is 161 Å². The number of carbonyl (C=O) groups is 1. The Balaban J connectivity index is 2.05. The molecule has 0 saturated carbocycles. The van der Waals surface area contributed by atoms with Gasteiger partial charge in [0.15, 0.2) is 15.0 Å². The molecule has 2 heterocycles. The molecule has 0 N–H and O–H groups in total. The Morgan fingerprint density at radius 2 is 2.12 bits per heavy atom. The minimum Gasteiger partial charge on any atom is -0.314 e. The zero-order chi connectivity index (χ0) is 18.4. The molecule has 0 radical (unpaired) electrons. The van der Waals surface area contributed by atoms with Gasteiger partial charge in [-0.3, -0.25) is 4.79 Å². The average molecular weight is 421 g/mol. The summed E-state index contributed by atoms with van der Waals surface area (Å²) in [5.41, 5.74) is 0.585. The normalized spacial score (nSPS) is 27.5. The van der Waals surface area contributed by atoms with Gasteiger partial charge in [0, 0.05) is 16.2 Å². The number of nitrogens with zero attached hydrogens (tertiary/aromatic N) is 2. The van der Waals surface area contributed by atoms with Gasteiger partial charge >= 0.3 is 0 Å². The van der Waals surface area contributed by atoms with Crippen LogP contribution in [0.25, 0.3) is 0 Å². The molecule has 0 spiro atoms. The molecule has 0 aliphatic carbocycles. The van der Waals surface area contributed by atoms with Crippen molar-refractivity contribution in [2.45, 2.75) is 31.6 Å². The first-order chi connectivity index (χ1) is 11.7. The van der Waals surface area contributed by atoms with Gasteiger partial charge in [-0.1, -0.05) is 48.8 Å². The van der Waals surface area contributed by atoms with Gasteiger partial charge in [0.25, 0.3) is 5.91 Å². The van der Waals surface area contributed by atoms with Crippen molar-refractivity contribution in [2.75, 3.05) is 16.4 Å². The Bertz CT molecular complexity index is 842. The Morgan fingerprint density at radius 1 is 1.40 bits per heavy atom. The first kappa shape index (κ1) is 19.0. The van der Waals surface area contributed by atoms with Gasteiger partial charge in [-0.05, 0) is 24.6 Å². The number of halogens is 2. The van der Waals surface area contributed by atoms with Crippen LogP contribution >= 0.6 is 35.0 Å². The maximum atomic E-state index is 12.3. The van der Waals surface area contributed by atoms with Crippen LogP contribution in [0, 0.1) is 5.92 Å². The van der Waals surface area contributed by atoms with E-state index in [1.807, 2.05) is 13.8 Å². The monoisotopic (exact) mass is 420 g/mol. The second-order valence-electron chi connectivity index (χ2n) is 6.31. The highest BCUT2D eigenvalue weighted by Crippen LogP contribution is 2.43. The molecule has 2 aliphatic heterocycles. The lowest BCUT2D eigenvalue weighted by Crippen LogP contribution is -2.38. The Morgan fingerprint density at radius 3 is 2.80 bits per heavy atom. The summed E-state index contributed by atoms with van der Waals surface area (Å²) in [5.74, 6) is -0.303. The van der Waals surface area contributed by atoms with E-state index in [4.69, 9.17) is 23.2 Å². The van der Waals surface area contributed by atoms with Gasteiger partial charge in [-0.15, -0.1) is 0 Å². The van der Waals surface area contributed by atoms with Crippen LogP contribution in [-0.2, 0) is 14.6 Å². The van der Waals surface area contributed by atoms with E-state index in [9.17, 15) is 13.2 Å². The van der Waals surface area contributed by atoms with Gasteiger partial charge in [-0.2, -0.15) is 4.99 Å². The van der Waals surface area contributed by atoms with Gasteiger partial charge in [0.1, 0.15) is 0 Å². The molecule has 2 aliphatic rings. The topological polar surface area (TPSA) is 66.8 Å². The molecule has 1 aromatic carbocycles. The minimum atomic E-state index is -3.12. The summed E-state index contributed by atoms with van der Waals surface area (Å²) >= 11 is 13.8. The van der Waals surface area contributed by atoms with Crippen molar-refractivity contribution in [2.24, 2.45) is 10.9 Å². The van der Waals surface area contributed by atoms with Gasteiger partial charge < -0.3 is 4.90 Å². The Hall–Kier alpha value is -0.760. The van der Waals surface area contributed by atoms with Gasteiger partial charge in [0.2, 0.25) is 0 Å². The number of carbonyl (C=O) groups excluding carboxylic acids is 1. The van der Waals surface area contributed by atoms with Crippen molar-refractivity contribution in [3.05, 3.63) is 28.2 Å². The van der Waals surface area contributed by atoms with E-state index in [1.165, 1.54) is 11.8 Å². The highest BCUT2D eigenvalue weighted by molar-refractivity contribution is 8.16. The molecule has 25 heavy (non-hydrogen) atoms. The maximum Gasteiger partial charge on any atom is 0.250 e. The molecule has 0 unspecified atom stereocenters. The number of rotatable bonds is 3. The highest BCUT2D eigenvalue weighted by atomic mass is 35.5. The molecule has 1 aromatic rings. The van der Waals surface area contributed by atoms with Crippen LogP contribution < -0.4 is 4.90 Å². The van der Waals surface area contributed by atoms with Crippen molar-refractivity contribution in [3.63, 3.8) is 0 Å². The Kier molecular flexibility index (Phi) is 5.40. The minimum absolute atomic E-state index is 0.0179. The number of benzene rings is 1. The molecule has 2 fully saturated rings. The average Bonchev–Trinajstić information content (AvgIpc) is 3.00. The summed E-state index contributed by atoms with van der Waals surface area (Å²) in [7, 11) is -3.12. The molecule has 136 valence electrons. The summed E-state index contributed by atoms with van der Waals surface area (Å²) in [6.07, 6.45) is 0.694. The number of hydrogen-bond donors (Lipinski definition) is 0. The molecule has 3 atom stereocenters. The fourth-order valence-electron chi connectivity index (χ4n) is 2.90. The standard InChI is InChI=1S/C16H18Cl2N2O3S2/c1-3-9(2)15(21)19-16-20(12-6-10(17)4-5-11(12)18)13-7-25(22,23)8-14(13)24-16/h4-6,9,13-14H,3,7-8H2,1-2H3/t9-,13-,14+/m1/s1. The predicted octanol–water partition coefficient (Wildman–Crippen LogP) is 3.64. The lowest BCUT2D eigenvalue weighted by atomic mass is 10.1. The SMILES string of the molecule is CC[C@@H](C)C(=O)N=C1S[C@H]2CS(=O)(=O)C[C@H]2N1c1cc(Cl)ccc1Cl. The number of fused-ring (bicyclic) bond motifs is 1. The quantitative estimate of drug-likeness (QED) is 0.746. The lowest BCUT2D eigenvalue weighted by molar-refractivity contribution is -0.121. The largest absolute Gasteiger partial charge is 0.314 e. The van der Waals surface area contributed by atoms with Crippen molar-refractivity contribution in [3.8, 4) is 0 Å². The summed E-state index contributed by atoms with van der Waals surface area (Å²) in [4.78, 5) is 18.3. The zero-order valence-electron chi connectivity index (χ0n) is 13.8. The van der Waals surface area contributed by atoms with E-state index >= 15 is 0 Å². The summed E-state index contributed by atoms with van der Waals surface area (Å²) in [5, 5.41) is 1.27. The third-order valence-corrected chi connectivity index (χ3v) is 8.24. The number of anilines is 1. The highest BCUT2D eigenvalue weighted by Gasteiger charge is 2.49. The van der Waals surface area contributed by atoms with Gasteiger partial charge in [0.05, 0.1) is 28.3 Å². The number of thioether (sulfide) groups is 1. The van der Waals surface area contributed by atoms with E-state index < -0.39 is 9.84 Å². The molecule has 3 rings (SSSR count). The van der Waals surface area contributed by atoms with E-state index in [0.717, 1.165) is 0 Å². The molecule has 2 saturated heterocycles. The maximum absolute atomic E-state index is 12.3. The summed E-state index contributed by atoms with van der Waals surface area (Å²) in [6.45, 7) is 3.76. The smallest absolute Gasteiger partial charge is 0.250 e. The number of sulfone groups is 1. The second kappa shape index (κ2) is 7.10. The molecular weight excluding hydrogens is 403 g/mol. The van der Waals surface area contributed by atoms with Crippen LogP contribution in [0.4, 0.5) is 5.69 Å². The molecular formula is C16H18Cl2N2O3S2. The first-order valence-corrected chi connectivity index (χ1v) is 11.4.